The van der Waals surface area contributed by atoms with Crippen LogP contribution in [0.2, 0.25) is 0 Å². The maximum atomic E-state index is 5.55. The first-order valence-electron chi connectivity index (χ1n) is 6.68. The molecule has 2 aromatic carbocycles. The molecule has 100 valence electrons. The number of hydrogen-bond acceptors (Lipinski definition) is 1. The lowest BCUT2D eigenvalue weighted by Crippen LogP contribution is -2.13. The van der Waals surface area contributed by atoms with Crippen molar-refractivity contribution in [1.82, 2.24) is 0 Å². The van der Waals surface area contributed by atoms with Crippen LogP contribution in [0.4, 0.5) is 0 Å². The molecule has 0 spiro atoms. The standard InChI is InChI=1S/C18H22O/c1-13-9-8-12-16(19-5)17(13)14-10-6-7-11-15(14)18(2,3)4/h6-12H,1-5H3. The lowest BCUT2D eigenvalue weighted by Gasteiger charge is -2.24. The highest BCUT2D eigenvalue weighted by Gasteiger charge is 2.20. The molecular formula is C18H22O. The van der Waals surface area contributed by atoms with Gasteiger partial charge in [0, 0.05) is 5.56 Å². The van der Waals surface area contributed by atoms with Crippen molar-refractivity contribution in [3.8, 4) is 16.9 Å². The van der Waals surface area contributed by atoms with Gasteiger partial charge in [0.25, 0.3) is 0 Å². The normalized spacial score (nSPS) is 11.4. The molecule has 0 bridgehead atoms. The topological polar surface area (TPSA) is 9.23 Å². The van der Waals surface area contributed by atoms with Crippen molar-refractivity contribution >= 4 is 0 Å². The van der Waals surface area contributed by atoms with E-state index in [-0.39, 0.29) is 5.41 Å². The van der Waals surface area contributed by atoms with Crippen molar-refractivity contribution in [3.05, 3.63) is 53.6 Å². The first-order chi connectivity index (χ1) is 8.95. The Hall–Kier alpha value is -1.76. The van der Waals surface area contributed by atoms with Crippen LogP contribution in [0.5, 0.6) is 5.75 Å². The molecule has 0 aliphatic carbocycles. The minimum Gasteiger partial charge on any atom is -0.496 e. The van der Waals surface area contributed by atoms with E-state index < -0.39 is 0 Å². The third kappa shape index (κ3) is 2.65. The van der Waals surface area contributed by atoms with Gasteiger partial charge in [0.1, 0.15) is 5.75 Å². The number of aryl methyl sites for hydroxylation is 1. The molecule has 0 aliphatic rings. The Labute approximate surface area is 116 Å². The average Bonchev–Trinajstić information content (AvgIpc) is 2.37. The van der Waals surface area contributed by atoms with E-state index in [0.717, 1.165) is 5.75 Å². The van der Waals surface area contributed by atoms with E-state index in [1.807, 2.05) is 12.1 Å². The minimum atomic E-state index is 0.115. The second-order valence-electron chi connectivity index (χ2n) is 5.95. The number of hydrogen-bond donors (Lipinski definition) is 0. The second-order valence-corrected chi connectivity index (χ2v) is 5.95. The summed E-state index contributed by atoms with van der Waals surface area (Å²) in [4.78, 5) is 0. The Morgan fingerprint density at radius 3 is 2.21 bits per heavy atom. The van der Waals surface area contributed by atoms with Gasteiger partial charge < -0.3 is 4.74 Å². The summed E-state index contributed by atoms with van der Waals surface area (Å²) in [6.45, 7) is 8.88. The van der Waals surface area contributed by atoms with Crippen molar-refractivity contribution < 1.29 is 4.74 Å². The molecule has 19 heavy (non-hydrogen) atoms. The smallest absolute Gasteiger partial charge is 0.126 e. The third-order valence-electron chi connectivity index (χ3n) is 3.46. The van der Waals surface area contributed by atoms with Gasteiger partial charge in [-0.2, -0.15) is 0 Å². The lowest BCUT2D eigenvalue weighted by atomic mass is 9.81. The molecule has 0 heterocycles. The summed E-state index contributed by atoms with van der Waals surface area (Å²) in [6.07, 6.45) is 0. The summed E-state index contributed by atoms with van der Waals surface area (Å²) in [5, 5.41) is 0. The van der Waals surface area contributed by atoms with E-state index >= 15 is 0 Å². The van der Waals surface area contributed by atoms with Gasteiger partial charge in [-0.25, -0.2) is 0 Å². The van der Waals surface area contributed by atoms with Crippen LogP contribution in [-0.4, -0.2) is 7.11 Å². The van der Waals surface area contributed by atoms with Crippen LogP contribution < -0.4 is 4.74 Å². The summed E-state index contributed by atoms with van der Waals surface area (Å²) in [5.74, 6) is 0.941. The van der Waals surface area contributed by atoms with Crippen molar-refractivity contribution in [2.75, 3.05) is 7.11 Å². The fourth-order valence-corrected chi connectivity index (χ4v) is 2.51. The van der Waals surface area contributed by atoms with E-state index in [1.165, 1.54) is 22.3 Å². The molecule has 0 atom stereocenters. The van der Waals surface area contributed by atoms with E-state index in [4.69, 9.17) is 4.74 Å². The van der Waals surface area contributed by atoms with Crippen LogP contribution >= 0.6 is 0 Å². The summed E-state index contributed by atoms with van der Waals surface area (Å²) in [5.41, 5.74) is 5.18. The predicted molar refractivity (Wildman–Crippen MR) is 81.9 cm³/mol. The fraction of sp³-hybridized carbons (Fsp3) is 0.333. The Morgan fingerprint density at radius 2 is 1.58 bits per heavy atom. The monoisotopic (exact) mass is 254 g/mol. The van der Waals surface area contributed by atoms with Crippen LogP contribution in [0.1, 0.15) is 31.9 Å². The van der Waals surface area contributed by atoms with Crippen molar-refractivity contribution in [2.45, 2.75) is 33.1 Å². The molecule has 0 unspecified atom stereocenters. The zero-order chi connectivity index (χ0) is 14.0. The van der Waals surface area contributed by atoms with Crippen LogP contribution in [0.3, 0.4) is 0 Å². The zero-order valence-corrected chi connectivity index (χ0v) is 12.4. The van der Waals surface area contributed by atoms with Gasteiger partial charge in [-0.1, -0.05) is 57.2 Å². The quantitative estimate of drug-likeness (QED) is 0.735. The molecule has 0 amide bonds. The predicted octanol–water partition coefficient (Wildman–Crippen LogP) is 4.97. The Morgan fingerprint density at radius 1 is 0.895 bits per heavy atom. The molecule has 0 fully saturated rings. The lowest BCUT2D eigenvalue weighted by molar-refractivity contribution is 0.416. The maximum Gasteiger partial charge on any atom is 0.126 e. The first kappa shape index (κ1) is 13.7. The number of benzene rings is 2. The van der Waals surface area contributed by atoms with E-state index in [2.05, 4.69) is 58.0 Å². The number of rotatable bonds is 2. The van der Waals surface area contributed by atoms with Crippen LogP contribution in [0.25, 0.3) is 11.1 Å². The SMILES string of the molecule is COc1cccc(C)c1-c1ccccc1C(C)(C)C. The number of ether oxygens (including phenoxy) is 1. The van der Waals surface area contributed by atoms with Gasteiger partial charge in [-0.15, -0.1) is 0 Å². The Balaban J connectivity index is 2.73. The van der Waals surface area contributed by atoms with E-state index in [1.54, 1.807) is 7.11 Å². The molecular weight excluding hydrogens is 232 g/mol. The molecule has 2 aromatic rings. The highest BCUT2D eigenvalue weighted by atomic mass is 16.5. The van der Waals surface area contributed by atoms with E-state index in [0.29, 0.717) is 0 Å². The Kier molecular flexibility index (Phi) is 3.66. The van der Waals surface area contributed by atoms with Crippen LogP contribution in [0.15, 0.2) is 42.5 Å². The molecule has 1 heteroatoms. The summed E-state index contributed by atoms with van der Waals surface area (Å²) >= 11 is 0. The fourth-order valence-electron chi connectivity index (χ4n) is 2.51. The summed E-state index contributed by atoms with van der Waals surface area (Å²) in [6, 6.07) is 14.8. The molecule has 0 saturated carbocycles. The largest absolute Gasteiger partial charge is 0.496 e. The average molecular weight is 254 g/mol. The summed E-state index contributed by atoms with van der Waals surface area (Å²) in [7, 11) is 1.73. The van der Waals surface area contributed by atoms with Crippen LogP contribution in [0, 0.1) is 6.92 Å². The molecule has 0 aromatic heterocycles. The maximum absolute atomic E-state index is 5.55. The van der Waals surface area contributed by atoms with Gasteiger partial charge in [0.15, 0.2) is 0 Å². The second kappa shape index (κ2) is 5.08. The van der Waals surface area contributed by atoms with Gasteiger partial charge >= 0.3 is 0 Å². The zero-order valence-electron chi connectivity index (χ0n) is 12.4. The van der Waals surface area contributed by atoms with Gasteiger partial charge in [0.2, 0.25) is 0 Å². The molecule has 1 nitrogen and oxygen atoms in total. The first-order valence-corrected chi connectivity index (χ1v) is 6.68. The van der Waals surface area contributed by atoms with Crippen molar-refractivity contribution in [1.29, 1.82) is 0 Å². The van der Waals surface area contributed by atoms with Crippen LogP contribution in [-0.2, 0) is 5.41 Å². The molecule has 0 N–H and O–H groups in total. The third-order valence-corrected chi connectivity index (χ3v) is 3.46. The minimum absolute atomic E-state index is 0.115. The van der Waals surface area contributed by atoms with Gasteiger partial charge in [0.05, 0.1) is 7.11 Å². The molecule has 2 rings (SSSR count). The molecule has 0 aliphatic heterocycles. The Bertz CT molecular complexity index is 576. The van der Waals surface area contributed by atoms with Gasteiger partial charge in [-0.05, 0) is 35.1 Å². The van der Waals surface area contributed by atoms with Gasteiger partial charge in [-0.3, -0.25) is 0 Å². The molecule has 0 saturated heterocycles. The molecule has 0 radical (unpaired) electrons. The van der Waals surface area contributed by atoms with Crippen molar-refractivity contribution in [3.63, 3.8) is 0 Å². The highest BCUT2D eigenvalue weighted by molar-refractivity contribution is 5.77. The highest BCUT2D eigenvalue weighted by Crippen LogP contribution is 2.39. The van der Waals surface area contributed by atoms with E-state index in [9.17, 15) is 0 Å². The van der Waals surface area contributed by atoms with Crippen molar-refractivity contribution in [2.24, 2.45) is 0 Å². The number of methoxy groups -OCH3 is 1. The summed E-state index contributed by atoms with van der Waals surface area (Å²) < 4.78 is 5.55.